The number of hydrogen-bond donors (Lipinski definition) is 2. The van der Waals surface area contributed by atoms with E-state index in [-0.39, 0.29) is 22.0 Å². The number of sulfonamides is 1. The van der Waals surface area contributed by atoms with Crippen LogP contribution in [0.4, 0.5) is 0 Å². The van der Waals surface area contributed by atoms with E-state index < -0.39 is 21.5 Å². The highest BCUT2D eigenvalue weighted by atomic mass is 32.2. The molecule has 0 radical (unpaired) electrons. The zero-order chi connectivity index (χ0) is 24.0. The van der Waals surface area contributed by atoms with Gasteiger partial charge in [0, 0.05) is 43.8 Å². The molecule has 2 aliphatic rings. The first-order valence-electron chi connectivity index (χ1n) is 11.3. The second kappa shape index (κ2) is 8.47. The van der Waals surface area contributed by atoms with Crippen LogP contribution in [0.3, 0.4) is 0 Å². The third-order valence-corrected chi connectivity index (χ3v) is 8.85. The molecule has 1 aliphatic heterocycles. The van der Waals surface area contributed by atoms with E-state index in [1.54, 1.807) is 54.7 Å². The third-order valence-electron chi connectivity index (χ3n) is 6.82. The summed E-state index contributed by atoms with van der Waals surface area (Å²) in [4.78, 5) is 18.1. The minimum Gasteiger partial charge on any atom is -0.386 e. The third kappa shape index (κ3) is 4.82. The number of benzene rings is 1. The van der Waals surface area contributed by atoms with E-state index >= 15 is 0 Å². The Labute approximate surface area is 195 Å². The number of nitrogens with two attached hydrogens (primary N) is 1. The van der Waals surface area contributed by atoms with Crippen LogP contribution in [-0.2, 0) is 21.0 Å². The summed E-state index contributed by atoms with van der Waals surface area (Å²) in [5, 5.41) is 10.1. The smallest absolute Gasteiger partial charge is 0.267 e. The monoisotopic (exact) mass is 472 g/mol. The van der Waals surface area contributed by atoms with Gasteiger partial charge < -0.3 is 10.8 Å². The molecule has 0 bridgehead atoms. The standard InChI is InChI=1S/C24H32N4O4S/c1-17-15-27(16-24(9-10-24)19-8-11-26-21(14-19)22(25)29)12-13-28(17)33(31,32)20-6-4-18(5-7-20)23(2,3)30/h4-8,11,14,17,30H,9-10,12-13,15-16H2,1-3H3,(H2,25,29)/t17-/m1/s1. The first kappa shape index (κ1) is 23.8. The van der Waals surface area contributed by atoms with Crippen LogP contribution in [0.1, 0.15) is 55.2 Å². The van der Waals surface area contributed by atoms with Gasteiger partial charge in [0.15, 0.2) is 0 Å². The van der Waals surface area contributed by atoms with Crippen LogP contribution < -0.4 is 5.73 Å². The average molecular weight is 473 g/mol. The van der Waals surface area contributed by atoms with Crippen molar-refractivity contribution in [2.24, 2.45) is 5.73 Å². The number of pyridine rings is 1. The van der Waals surface area contributed by atoms with Gasteiger partial charge in [0.2, 0.25) is 10.0 Å². The average Bonchev–Trinajstić information content (AvgIpc) is 3.54. The Balaban J connectivity index is 1.45. The van der Waals surface area contributed by atoms with Gasteiger partial charge in [0.25, 0.3) is 5.91 Å². The van der Waals surface area contributed by atoms with Crippen molar-refractivity contribution in [1.29, 1.82) is 0 Å². The van der Waals surface area contributed by atoms with Gasteiger partial charge in [0.05, 0.1) is 10.5 Å². The minimum absolute atomic E-state index is 0.0270. The molecule has 0 spiro atoms. The number of rotatable bonds is 7. The maximum atomic E-state index is 13.3. The Morgan fingerprint density at radius 2 is 1.88 bits per heavy atom. The zero-order valence-electron chi connectivity index (χ0n) is 19.4. The quantitative estimate of drug-likeness (QED) is 0.635. The topological polar surface area (TPSA) is 117 Å². The zero-order valence-corrected chi connectivity index (χ0v) is 20.2. The lowest BCUT2D eigenvalue weighted by atomic mass is 9.95. The molecular formula is C24H32N4O4S. The van der Waals surface area contributed by atoms with Crippen LogP contribution in [0.2, 0.25) is 0 Å². The maximum Gasteiger partial charge on any atom is 0.267 e. The molecule has 3 N–H and O–H groups in total. The van der Waals surface area contributed by atoms with Crippen LogP contribution in [0.15, 0.2) is 47.5 Å². The Morgan fingerprint density at radius 1 is 1.21 bits per heavy atom. The van der Waals surface area contributed by atoms with Crippen molar-refractivity contribution < 1.29 is 18.3 Å². The number of aliphatic hydroxyl groups is 1. The minimum atomic E-state index is -3.63. The Bertz CT molecular complexity index is 1140. The normalized spacial score (nSPS) is 21.6. The van der Waals surface area contributed by atoms with E-state index in [4.69, 9.17) is 5.73 Å². The second-order valence-electron chi connectivity index (χ2n) is 9.86. The van der Waals surface area contributed by atoms with Crippen molar-refractivity contribution in [2.75, 3.05) is 26.2 Å². The summed E-state index contributed by atoms with van der Waals surface area (Å²) < 4.78 is 28.1. The fourth-order valence-corrected chi connectivity index (χ4v) is 6.31. The lowest BCUT2D eigenvalue weighted by Crippen LogP contribution is -2.55. The molecule has 1 amide bonds. The molecular weight excluding hydrogens is 440 g/mol. The van der Waals surface area contributed by atoms with Gasteiger partial charge in [-0.2, -0.15) is 4.31 Å². The lowest BCUT2D eigenvalue weighted by Gasteiger charge is -2.40. The van der Waals surface area contributed by atoms with Gasteiger partial charge >= 0.3 is 0 Å². The molecule has 8 nitrogen and oxygen atoms in total. The first-order chi connectivity index (χ1) is 15.4. The molecule has 1 aromatic heterocycles. The number of carbonyl (C=O) groups is 1. The number of carbonyl (C=O) groups excluding carboxylic acids is 1. The van der Waals surface area contributed by atoms with E-state index in [1.165, 1.54) is 0 Å². The number of amides is 1. The van der Waals surface area contributed by atoms with Crippen molar-refractivity contribution in [3.8, 4) is 0 Å². The van der Waals surface area contributed by atoms with E-state index in [9.17, 15) is 18.3 Å². The highest BCUT2D eigenvalue weighted by Gasteiger charge is 2.47. The summed E-state index contributed by atoms with van der Waals surface area (Å²) in [5.74, 6) is -0.532. The Hall–Kier alpha value is -2.33. The molecule has 1 aliphatic carbocycles. The Kier molecular flexibility index (Phi) is 6.11. The highest BCUT2D eigenvalue weighted by Crippen LogP contribution is 2.49. The van der Waals surface area contributed by atoms with E-state index in [1.807, 2.05) is 13.0 Å². The summed E-state index contributed by atoms with van der Waals surface area (Å²) in [7, 11) is -3.63. The van der Waals surface area contributed by atoms with Crippen molar-refractivity contribution in [2.45, 2.75) is 55.6 Å². The van der Waals surface area contributed by atoms with Gasteiger partial charge in [-0.05, 0) is 69.0 Å². The summed E-state index contributed by atoms with van der Waals surface area (Å²) in [6, 6.07) is 10.0. The SMILES string of the molecule is C[C@@H]1CN(CC2(c3ccnc(C(N)=O)c3)CC2)CCN1S(=O)(=O)c1ccc(C(C)(C)O)cc1. The van der Waals surface area contributed by atoms with Crippen LogP contribution in [0.5, 0.6) is 0 Å². The predicted molar refractivity (Wildman–Crippen MR) is 125 cm³/mol. The molecule has 4 rings (SSSR count). The number of hydrogen-bond acceptors (Lipinski definition) is 6. The van der Waals surface area contributed by atoms with E-state index in [0.717, 1.165) is 24.9 Å². The molecule has 1 atom stereocenters. The van der Waals surface area contributed by atoms with Crippen LogP contribution in [-0.4, -0.2) is 65.8 Å². The summed E-state index contributed by atoms with van der Waals surface area (Å²) in [5.41, 5.74) is 6.37. The first-order valence-corrected chi connectivity index (χ1v) is 12.7. The summed E-state index contributed by atoms with van der Waals surface area (Å²) >= 11 is 0. The van der Waals surface area contributed by atoms with Crippen LogP contribution in [0, 0.1) is 0 Å². The highest BCUT2D eigenvalue weighted by molar-refractivity contribution is 7.89. The van der Waals surface area contributed by atoms with Gasteiger partial charge in [-0.3, -0.25) is 14.7 Å². The number of piperazine rings is 1. The van der Waals surface area contributed by atoms with Crippen LogP contribution in [0.25, 0.3) is 0 Å². The predicted octanol–water partition coefficient (Wildman–Crippen LogP) is 1.83. The van der Waals surface area contributed by atoms with Gasteiger partial charge in [-0.1, -0.05) is 12.1 Å². The molecule has 2 heterocycles. The summed E-state index contributed by atoms with van der Waals surface area (Å²) in [6.45, 7) is 7.78. The molecule has 178 valence electrons. The van der Waals surface area contributed by atoms with Crippen molar-refractivity contribution in [3.05, 3.63) is 59.4 Å². The van der Waals surface area contributed by atoms with Crippen molar-refractivity contribution in [3.63, 3.8) is 0 Å². The molecule has 1 aromatic carbocycles. The fourth-order valence-electron chi connectivity index (χ4n) is 4.70. The maximum absolute atomic E-state index is 13.3. The summed E-state index contributed by atoms with van der Waals surface area (Å²) in [6.07, 6.45) is 3.68. The van der Waals surface area contributed by atoms with E-state index in [2.05, 4.69) is 9.88 Å². The lowest BCUT2D eigenvalue weighted by molar-refractivity contribution is 0.0785. The molecule has 33 heavy (non-hydrogen) atoms. The Morgan fingerprint density at radius 3 is 2.42 bits per heavy atom. The number of aromatic nitrogens is 1. The fraction of sp³-hybridized carbons (Fsp3) is 0.500. The van der Waals surface area contributed by atoms with Gasteiger partial charge in [-0.15, -0.1) is 0 Å². The molecule has 0 unspecified atom stereocenters. The molecule has 2 fully saturated rings. The number of primary amides is 1. The molecule has 1 saturated heterocycles. The largest absolute Gasteiger partial charge is 0.386 e. The van der Waals surface area contributed by atoms with Crippen molar-refractivity contribution in [1.82, 2.24) is 14.2 Å². The van der Waals surface area contributed by atoms with Crippen molar-refractivity contribution >= 4 is 15.9 Å². The number of nitrogens with zero attached hydrogens (tertiary/aromatic N) is 3. The van der Waals surface area contributed by atoms with Gasteiger partial charge in [0.1, 0.15) is 5.69 Å². The van der Waals surface area contributed by atoms with E-state index in [0.29, 0.717) is 25.2 Å². The van der Waals surface area contributed by atoms with Crippen LogP contribution >= 0.6 is 0 Å². The van der Waals surface area contributed by atoms with Gasteiger partial charge in [-0.25, -0.2) is 8.42 Å². The molecule has 1 saturated carbocycles. The second-order valence-corrected chi connectivity index (χ2v) is 11.7. The molecule has 2 aromatic rings. The molecule has 9 heteroatoms.